The van der Waals surface area contributed by atoms with Gasteiger partial charge in [-0.2, -0.15) is 0 Å². The van der Waals surface area contributed by atoms with Crippen LogP contribution < -0.4 is 10.6 Å². The molecule has 0 spiro atoms. The minimum absolute atomic E-state index is 0.147. The highest BCUT2D eigenvalue weighted by Gasteiger charge is 2.15. The Morgan fingerprint density at radius 2 is 1.72 bits per heavy atom. The number of nitrogens with one attached hydrogen (secondary N) is 2. The number of aromatic nitrogens is 1. The molecule has 2 aromatic carbocycles. The molecule has 0 aliphatic heterocycles. The Morgan fingerprint density at radius 3 is 2.38 bits per heavy atom. The number of halogens is 1. The van der Waals surface area contributed by atoms with E-state index < -0.39 is 0 Å². The van der Waals surface area contributed by atoms with Gasteiger partial charge in [0.05, 0.1) is 10.3 Å². The summed E-state index contributed by atoms with van der Waals surface area (Å²) >= 11 is 7.22. The number of carbonyl (C=O) groups excluding carboxylic acids is 2. The number of thioether (sulfide) groups is 1. The lowest BCUT2D eigenvalue weighted by atomic mass is 10.1. The molecule has 0 saturated carbocycles. The Labute approximate surface area is 178 Å². The van der Waals surface area contributed by atoms with E-state index in [0.29, 0.717) is 22.1 Å². The van der Waals surface area contributed by atoms with E-state index in [1.807, 2.05) is 56.3 Å². The lowest BCUT2D eigenvalue weighted by Gasteiger charge is -2.12. The first-order valence-corrected chi connectivity index (χ1v) is 10.2. The molecule has 1 aromatic heterocycles. The van der Waals surface area contributed by atoms with Crippen LogP contribution in [0, 0.1) is 6.92 Å². The van der Waals surface area contributed by atoms with Crippen molar-refractivity contribution in [3.05, 3.63) is 83.0 Å². The first kappa shape index (κ1) is 20.9. The number of pyridine rings is 1. The zero-order valence-corrected chi connectivity index (χ0v) is 17.6. The average Bonchev–Trinajstić information content (AvgIpc) is 2.71. The van der Waals surface area contributed by atoms with Crippen molar-refractivity contribution in [2.75, 3.05) is 10.6 Å². The number of hydrogen-bond acceptors (Lipinski definition) is 4. The molecule has 0 aliphatic rings. The molecule has 3 rings (SSSR count). The molecule has 0 bridgehead atoms. The van der Waals surface area contributed by atoms with Crippen molar-refractivity contribution < 1.29 is 9.59 Å². The van der Waals surface area contributed by atoms with Gasteiger partial charge in [-0.05, 0) is 61.9 Å². The Kier molecular flexibility index (Phi) is 6.90. The van der Waals surface area contributed by atoms with E-state index in [1.54, 1.807) is 18.2 Å². The third-order valence-corrected chi connectivity index (χ3v) is 5.50. The minimum atomic E-state index is -0.320. The van der Waals surface area contributed by atoms with Crippen molar-refractivity contribution in [3.8, 4) is 0 Å². The second-order valence-corrected chi connectivity index (χ2v) is 8.26. The zero-order valence-electron chi connectivity index (χ0n) is 16.0. The molecule has 1 atom stereocenters. The third-order valence-electron chi connectivity index (χ3n) is 4.16. The molecule has 29 heavy (non-hydrogen) atoms. The second kappa shape index (κ2) is 9.58. The maximum atomic E-state index is 12.4. The Bertz CT molecular complexity index is 1010. The summed E-state index contributed by atoms with van der Waals surface area (Å²) in [6, 6.07) is 18.2. The van der Waals surface area contributed by atoms with Crippen LogP contribution in [0.2, 0.25) is 5.02 Å². The lowest BCUT2D eigenvalue weighted by Crippen LogP contribution is -2.22. The molecule has 2 N–H and O–H groups in total. The first-order valence-electron chi connectivity index (χ1n) is 8.98. The quantitative estimate of drug-likeness (QED) is 0.517. The molecular weight excluding hydrogens is 406 g/mol. The lowest BCUT2D eigenvalue weighted by molar-refractivity contribution is -0.115. The largest absolute Gasteiger partial charge is 0.322 e. The molecule has 0 fully saturated rings. The normalized spacial score (nSPS) is 11.6. The summed E-state index contributed by atoms with van der Waals surface area (Å²) in [5.41, 5.74) is 2.27. The van der Waals surface area contributed by atoms with E-state index in [-0.39, 0.29) is 17.1 Å². The van der Waals surface area contributed by atoms with Crippen LogP contribution in [-0.4, -0.2) is 22.0 Å². The second-order valence-electron chi connectivity index (χ2n) is 6.40. The van der Waals surface area contributed by atoms with E-state index in [9.17, 15) is 9.59 Å². The fraction of sp³-hybridized carbons (Fsp3) is 0.136. The van der Waals surface area contributed by atoms with E-state index >= 15 is 0 Å². The monoisotopic (exact) mass is 425 g/mol. The zero-order chi connectivity index (χ0) is 20.8. The molecule has 7 heteroatoms. The van der Waals surface area contributed by atoms with E-state index in [2.05, 4.69) is 15.6 Å². The standard InChI is InChI=1S/C22H20ClN3O2S/c1-14-5-3-4-6-19(14)22(28)25-17-8-10-18(11-9-17)29-15(2)21(27)26-20-12-7-16(23)13-24-20/h3-13,15H,1-2H3,(H,25,28)(H,24,26,27). The van der Waals surface area contributed by atoms with Crippen LogP contribution in [0.15, 0.2) is 71.8 Å². The maximum absolute atomic E-state index is 12.4. The van der Waals surface area contributed by atoms with Crippen molar-refractivity contribution in [2.24, 2.45) is 0 Å². The van der Waals surface area contributed by atoms with Crippen molar-refractivity contribution in [2.45, 2.75) is 24.0 Å². The highest BCUT2D eigenvalue weighted by Crippen LogP contribution is 2.26. The predicted molar refractivity (Wildman–Crippen MR) is 119 cm³/mol. The number of anilines is 2. The number of carbonyl (C=O) groups is 2. The highest BCUT2D eigenvalue weighted by atomic mass is 35.5. The smallest absolute Gasteiger partial charge is 0.255 e. The Morgan fingerprint density at radius 1 is 1.00 bits per heavy atom. The molecule has 3 aromatic rings. The number of hydrogen-bond donors (Lipinski definition) is 2. The molecule has 1 unspecified atom stereocenters. The van der Waals surface area contributed by atoms with Gasteiger partial charge < -0.3 is 10.6 Å². The number of rotatable bonds is 6. The van der Waals surface area contributed by atoms with Crippen LogP contribution >= 0.6 is 23.4 Å². The van der Waals surface area contributed by atoms with Crippen LogP contribution in [0.25, 0.3) is 0 Å². The molecule has 5 nitrogen and oxygen atoms in total. The number of benzene rings is 2. The van der Waals surface area contributed by atoms with Crippen molar-refractivity contribution in [3.63, 3.8) is 0 Å². The van der Waals surface area contributed by atoms with Crippen LogP contribution in [0.4, 0.5) is 11.5 Å². The fourth-order valence-electron chi connectivity index (χ4n) is 2.58. The molecule has 0 radical (unpaired) electrons. The van der Waals surface area contributed by atoms with Gasteiger partial charge in [0.15, 0.2) is 0 Å². The van der Waals surface area contributed by atoms with Crippen molar-refractivity contribution in [1.29, 1.82) is 0 Å². The summed E-state index contributed by atoms with van der Waals surface area (Å²) in [6.45, 7) is 3.73. The van der Waals surface area contributed by atoms with Gasteiger partial charge in [0.25, 0.3) is 5.91 Å². The minimum Gasteiger partial charge on any atom is -0.322 e. The van der Waals surface area contributed by atoms with Crippen molar-refractivity contribution in [1.82, 2.24) is 4.98 Å². The van der Waals surface area contributed by atoms with Gasteiger partial charge in [0.2, 0.25) is 5.91 Å². The van der Waals surface area contributed by atoms with Gasteiger partial charge in [0.1, 0.15) is 5.82 Å². The molecular formula is C22H20ClN3O2S. The molecule has 0 aliphatic carbocycles. The molecule has 148 valence electrons. The summed E-state index contributed by atoms with van der Waals surface area (Å²) in [6.07, 6.45) is 1.49. The topological polar surface area (TPSA) is 71.1 Å². The molecule has 2 amide bonds. The van der Waals surface area contributed by atoms with Crippen LogP contribution in [0.3, 0.4) is 0 Å². The van der Waals surface area contributed by atoms with Gasteiger partial charge in [-0.3, -0.25) is 9.59 Å². The van der Waals surface area contributed by atoms with Gasteiger partial charge in [-0.1, -0.05) is 29.8 Å². The van der Waals surface area contributed by atoms with E-state index in [1.165, 1.54) is 18.0 Å². The van der Waals surface area contributed by atoms with Gasteiger partial charge in [-0.15, -0.1) is 11.8 Å². The highest BCUT2D eigenvalue weighted by molar-refractivity contribution is 8.00. The van der Waals surface area contributed by atoms with Crippen LogP contribution in [0.5, 0.6) is 0 Å². The van der Waals surface area contributed by atoms with Gasteiger partial charge in [-0.25, -0.2) is 4.98 Å². The van der Waals surface area contributed by atoms with E-state index in [4.69, 9.17) is 11.6 Å². The number of amides is 2. The van der Waals surface area contributed by atoms with Crippen molar-refractivity contribution >= 4 is 46.7 Å². The Hall–Kier alpha value is -2.83. The van der Waals surface area contributed by atoms with Crippen LogP contribution in [0.1, 0.15) is 22.8 Å². The molecule has 1 heterocycles. The molecule has 0 saturated heterocycles. The summed E-state index contributed by atoms with van der Waals surface area (Å²) in [7, 11) is 0. The summed E-state index contributed by atoms with van der Waals surface area (Å²) < 4.78 is 0. The summed E-state index contributed by atoms with van der Waals surface area (Å²) in [5, 5.41) is 5.85. The summed E-state index contributed by atoms with van der Waals surface area (Å²) in [4.78, 5) is 29.7. The number of nitrogens with zero attached hydrogens (tertiary/aromatic N) is 1. The van der Waals surface area contributed by atoms with Gasteiger partial charge in [0, 0.05) is 22.3 Å². The fourth-order valence-corrected chi connectivity index (χ4v) is 3.56. The summed E-state index contributed by atoms with van der Waals surface area (Å²) in [5.74, 6) is 0.162. The maximum Gasteiger partial charge on any atom is 0.255 e. The first-order chi connectivity index (χ1) is 13.9. The third kappa shape index (κ3) is 5.82. The number of aryl methyl sites for hydroxylation is 1. The average molecular weight is 426 g/mol. The van der Waals surface area contributed by atoms with E-state index in [0.717, 1.165) is 10.5 Å². The van der Waals surface area contributed by atoms with Gasteiger partial charge >= 0.3 is 0 Å². The van der Waals surface area contributed by atoms with Crippen LogP contribution in [-0.2, 0) is 4.79 Å². The predicted octanol–water partition coefficient (Wildman–Crippen LogP) is 5.42. The Balaban J connectivity index is 1.57. The SMILES string of the molecule is Cc1ccccc1C(=O)Nc1ccc(SC(C)C(=O)Nc2ccc(Cl)cn2)cc1.